The summed E-state index contributed by atoms with van der Waals surface area (Å²) in [6.07, 6.45) is 2.75. The average Bonchev–Trinajstić information content (AvgIpc) is 2.80. The van der Waals surface area contributed by atoms with Crippen LogP contribution >= 0.6 is 0 Å². The number of nitrogens with one attached hydrogen (secondary N) is 1. The van der Waals surface area contributed by atoms with E-state index in [1.54, 1.807) is 0 Å². The van der Waals surface area contributed by atoms with Crippen molar-refractivity contribution < 1.29 is 0 Å². The van der Waals surface area contributed by atoms with Gasteiger partial charge in [-0.15, -0.1) is 0 Å². The number of hydrogen-bond donors (Lipinski definition) is 1. The summed E-state index contributed by atoms with van der Waals surface area (Å²) in [6.45, 7) is 11.3. The van der Waals surface area contributed by atoms with E-state index in [4.69, 9.17) is 0 Å². The van der Waals surface area contributed by atoms with Gasteiger partial charge >= 0.3 is 0 Å². The lowest BCUT2D eigenvalue weighted by atomic mass is 10.1. The molecule has 1 N–H and O–H groups in total. The predicted molar refractivity (Wildman–Crippen MR) is 77.9 cm³/mol. The van der Waals surface area contributed by atoms with Crippen molar-refractivity contribution >= 4 is 0 Å². The van der Waals surface area contributed by atoms with Crippen LogP contribution in [0.4, 0.5) is 0 Å². The molecule has 0 aliphatic carbocycles. The van der Waals surface area contributed by atoms with Gasteiger partial charge in [0.1, 0.15) is 0 Å². The van der Waals surface area contributed by atoms with Crippen molar-refractivity contribution in [3.05, 3.63) is 34.9 Å². The van der Waals surface area contributed by atoms with E-state index in [1.807, 2.05) is 0 Å². The quantitative estimate of drug-likeness (QED) is 0.859. The monoisotopic (exact) mass is 246 g/mol. The lowest BCUT2D eigenvalue weighted by Gasteiger charge is -2.24. The molecule has 2 nitrogen and oxygen atoms in total. The van der Waals surface area contributed by atoms with Gasteiger partial charge in [-0.3, -0.25) is 4.90 Å². The molecule has 1 fully saturated rings. The zero-order chi connectivity index (χ0) is 13.0. The fourth-order valence-electron chi connectivity index (χ4n) is 2.91. The summed E-state index contributed by atoms with van der Waals surface area (Å²) < 4.78 is 0. The minimum Gasteiger partial charge on any atom is -0.311 e. The van der Waals surface area contributed by atoms with E-state index in [0.717, 1.165) is 13.1 Å². The molecule has 1 atom stereocenters. The maximum Gasteiger partial charge on any atom is 0.0206 e. The highest BCUT2D eigenvalue weighted by Crippen LogP contribution is 2.11. The molecule has 1 unspecified atom stereocenters. The molecular formula is C16H26N2. The minimum atomic E-state index is 0.665. The highest BCUT2D eigenvalue weighted by molar-refractivity contribution is 5.28. The van der Waals surface area contributed by atoms with Crippen molar-refractivity contribution in [2.75, 3.05) is 19.6 Å². The molecule has 1 aliphatic heterocycles. The molecule has 100 valence electrons. The normalized spacial score (nSPS) is 18.2. The molecule has 18 heavy (non-hydrogen) atoms. The van der Waals surface area contributed by atoms with Crippen molar-refractivity contribution in [1.82, 2.24) is 10.2 Å². The smallest absolute Gasteiger partial charge is 0.0206 e. The first-order valence-corrected chi connectivity index (χ1v) is 7.17. The molecule has 0 amide bonds. The van der Waals surface area contributed by atoms with E-state index in [2.05, 4.69) is 49.2 Å². The Morgan fingerprint density at radius 3 is 2.33 bits per heavy atom. The lowest BCUT2D eigenvalue weighted by molar-refractivity contribution is 0.251. The Balaban J connectivity index is 1.77. The summed E-state index contributed by atoms with van der Waals surface area (Å²) in [6, 6.07) is 7.45. The van der Waals surface area contributed by atoms with Crippen LogP contribution in [0, 0.1) is 13.8 Å². The zero-order valence-electron chi connectivity index (χ0n) is 12.0. The van der Waals surface area contributed by atoms with Gasteiger partial charge in [-0.2, -0.15) is 0 Å². The Morgan fingerprint density at radius 1 is 1.11 bits per heavy atom. The first kappa shape index (κ1) is 13.6. The van der Waals surface area contributed by atoms with Crippen LogP contribution in [-0.2, 0) is 6.54 Å². The number of rotatable bonds is 5. The number of benzene rings is 1. The molecule has 0 aromatic heterocycles. The van der Waals surface area contributed by atoms with Crippen LogP contribution in [0.5, 0.6) is 0 Å². The van der Waals surface area contributed by atoms with Crippen LogP contribution < -0.4 is 5.32 Å². The molecular weight excluding hydrogens is 220 g/mol. The summed E-state index contributed by atoms with van der Waals surface area (Å²) in [4.78, 5) is 2.59. The van der Waals surface area contributed by atoms with Gasteiger partial charge < -0.3 is 5.32 Å². The molecule has 1 aliphatic rings. The highest BCUT2D eigenvalue weighted by atomic mass is 15.2. The number of likely N-dealkylation sites (tertiary alicyclic amines) is 1. The maximum absolute atomic E-state index is 3.59. The van der Waals surface area contributed by atoms with Gasteiger partial charge in [-0.05, 0) is 52.3 Å². The van der Waals surface area contributed by atoms with Crippen LogP contribution in [0.1, 0.15) is 36.5 Å². The van der Waals surface area contributed by atoms with Gasteiger partial charge in [0.2, 0.25) is 0 Å². The van der Waals surface area contributed by atoms with Crippen molar-refractivity contribution in [3.63, 3.8) is 0 Å². The Hall–Kier alpha value is -0.860. The van der Waals surface area contributed by atoms with Crippen LogP contribution in [-0.4, -0.2) is 30.6 Å². The fourth-order valence-corrected chi connectivity index (χ4v) is 2.91. The molecule has 0 saturated carbocycles. The van der Waals surface area contributed by atoms with Crippen molar-refractivity contribution in [2.45, 2.75) is 46.2 Å². The largest absolute Gasteiger partial charge is 0.311 e. The zero-order valence-corrected chi connectivity index (χ0v) is 12.0. The van der Waals surface area contributed by atoms with E-state index in [9.17, 15) is 0 Å². The van der Waals surface area contributed by atoms with Crippen molar-refractivity contribution in [3.8, 4) is 0 Å². The Labute approximate surface area is 111 Å². The number of aryl methyl sites for hydroxylation is 2. The SMILES string of the molecule is Cc1cc(C)cc(CNCC(C)N2CCCC2)c1. The number of hydrogen-bond acceptors (Lipinski definition) is 2. The second-order valence-corrected chi connectivity index (χ2v) is 5.72. The van der Waals surface area contributed by atoms with Crippen molar-refractivity contribution in [2.24, 2.45) is 0 Å². The minimum absolute atomic E-state index is 0.665. The van der Waals surface area contributed by atoms with E-state index in [-0.39, 0.29) is 0 Å². The molecule has 0 spiro atoms. The third kappa shape index (κ3) is 3.82. The van der Waals surface area contributed by atoms with E-state index in [1.165, 1.54) is 42.6 Å². The molecule has 1 aromatic rings. The van der Waals surface area contributed by atoms with Gasteiger partial charge in [0.05, 0.1) is 0 Å². The summed E-state index contributed by atoms with van der Waals surface area (Å²) in [5.41, 5.74) is 4.12. The summed E-state index contributed by atoms with van der Waals surface area (Å²) >= 11 is 0. The van der Waals surface area contributed by atoms with Gasteiger partial charge in [-0.25, -0.2) is 0 Å². The fraction of sp³-hybridized carbons (Fsp3) is 0.625. The maximum atomic E-state index is 3.59. The Morgan fingerprint density at radius 2 is 1.72 bits per heavy atom. The molecule has 2 rings (SSSR count). The first-order valence-electron chi connectivity index (χ1n) is 7.17. The average molecular weight is 246 g/mol. The van der Waals surface area contributed by atoms with Gasteiger partial charge in [0.25, 0.3) is 0 Å². The third-order valence-electron chi connectivity index (χ3n) is 3.81. The highest BCUT2D eigenvalue weighted by Gasteiger charge is 2.17. The Bertz CT molecular complexity index is 360. The topological polar surface area (TPSA) is 15.3 Å². The molecule has 1 heterocycles. The second-order valence-electron chi connectivity index (χ2n) is 5.72. The number of nitrogens with zero attached hydrogens (tertiary/aromatic N) is 1. The molecule has 2 heteroatoms. The van der Waals surface area contributed by atoms with Gasteiger partial charge in [0.15, 0.2) is 0 Å². The Kier molecular flexibility index (Phi) is 4.79. The standard InChI is InChI=1S/C16H26N2/c1-13-8-14(2)10-16(9-13)12-17-11-15(3)18-6-4-5-7-18/h8-10,15,17H,4-7,11-12H2,1-3H3. The summed E-state index contributed by atoms with van der Waals surface area (Å²) in [5, 5.41) is 3.59. The van der Waals surface area contributed by atoms with E-state index in [0.29, 0.717) is 6.04 Å². The van der Waals surface area contributed by atoms with Crippen LogP contribution in [0.2, 0.25) is 0 Å². The molecule has 1 saturated heterocycles. The van der Waals surface area contributed by atoms with Crippen LogP contribution in [0.15, 0.2) is 18.2 Å². The lowest BCUT2D eigenvalue weighted by Crippen LogP contribution is -2.38. The molecule has 1 aromatic carbocycles. The van der Waals surface area contributed by atoms with Crippen molar-refractivity contribution in [1.29, 1.82) is 0 Å². The predicted octanol–water partition coefficient (Wildman–Crippen LogP) is 2.88. The van der Waals surface area contributed by atoms with Gasteiger partial charge in [-0.1, -0.05) is 29.3 Å². The molecule has 0 radical (unpaired) electrons. The van der Waals surface area contributed by atoms with E-state index < -0.39 is 0 Å². The summed E-state index contributed by atoms with van der Waals surface area (Å²) in [7, 11) is 0. The molecule has 0 bridgehead atoms. The van der Waals surface area contributed by atoms with Crippen LogP contribution in [0.3, 0.4) is 0 Å². The third-order valence-corrected chi connectivity index (χ3v) is 3.81. The second kappa shape index (κ2) is 6.35. The first-order chi connectivity index (χ1) is 8.65. The summed E-state index contributed by atoms with van der Waals surface area (Å²) in [5.74, 6) is 0. The van der Waals surface area contributed by atoms with Crippen LogP contribution in [0.25, 0.3) is 0 Å². The van der Waals surface area contributed by atoms with Gasteiger partial charge in [0, 0.05) is 19.1 Å². The van der Waals surface area contributed by atoms with E-state index >= 15 is 0 Å².